The van der Waals surface area contributed by atoms with Crippen LogP contribution < -0.4 is 10.2 Å². The molecule has 0 aromatic carbocycles. The van der Waals surface area contributed by atoms with Gasteiger partial charge in [-0.05, 0) is 6.92 Å². The number of nitrogens with zero attached hydrogens (tertiary/aromatic N) is 4. The Morgan fingerprint density at radius 2 is 2.17 bits per heavy atom. The fourth-order valence-corrected chi connectivity index (χ4v) is 1.95. The van der Waals surface area contributed by atoms with Crippen molar-refractivity contribution >= 4 is 11.7 Å². The molecule has 0 radical (unpaired) electrons. The minimum absolute atomic E-state index is 0.148. The van der Waals surface area contributed by atoms with Crippen LogP contribution in [0.4, 0.5) is 5.82 Å². The topological polar surface area (TPSA) is 61.4 Å². The van der Waals surface area contributed by atoms with Gasteiger partial charge in [-0.1, -0.05) is 0 Å². The summed E-state index contributed by atoms with van der Waals surface area (Å²) in [7, 11) is 1.88. The smallest absolute Gasteiger partial charge is 0.242 e. The Kier molecular flexibility index (Phi) is 4.09. The minimum atomic E-state index is 0.148. The number of aryl methyl sites for hydroxylation is 1. The van der Waals surface area contributed by atoms with Crippen molar-refractivity contribution in [3.05, 3.63) is 18.1 Å². The quantitative estimate of drug-likeness (QED) is 0.793. The van der Waals surface area contributed by atoms with Crippen molar-refractivity contribution in [1.29, 1.82) is 0 Å². The lowest BCUT2D eigenvalue weighted by Gasteiger charge is -2.29. The summed E-state index contributed by atoms with van der Waals surface area (Å²) >= 11 is 0. The van der Waals surface area contributed by atoms with Crippen molar-refractivity contribution in [1.82, 2.24) is 20.2 Å². The monoisotopic (exact) mass is 249 g/mol. The van der Waals surface area contributed by atoms with Gasteiger partial charge in [-0.2, -0.15) is 0 Å². The number of nitrogens with one attached hydrogen (secondary N) is 1. The van der Waals surface area contributed by atoms with Crippen LogP contribution in [0.5, 0.6) is 0 Å². The Balaban J connectivity index is 1.94. The summed E-state index contributed by atoms with van der Waals surface area (Å²) in [4.78, 5) is 24.0. The summed E-state index contributed by atoms with van der Waals surface area (Å²) in [5, 5.41) is 3.23. The van der Waals surface area contributed by atoms with Crippen LogP contribution in [0.1, 0.15) is 5.69 Å². The molecule has 0 aliphatic carbocycles. The number of hydrogen-bond acceptors (Lipinski definition) is 5. The molecule has 0 saturated carbocycles. The molecule has 0 atom stereocenters. The van der Waals surface area contributed by atoms with Gasteiger partial charge in [-0.25, -0.2) is 9.97 Å². The van der Waals surface area contributed by atoms with Gasteiger partial charge in [0.2, 0.25) is 5.91 Å². The number of hydrogen-bond donors (Lipinski definition) is 1. The lowest BCUT2D eigenvalue weighted by Crippen LogP contribution is -2.49. The maximum atomic E-state index is 12.1. The maximum Gasteiger partial charge on any atom is 0.242 e. The van der Waals surface area contributed by atoms with E-state index < -0.39 is 0 Å². The Hall–Kier alpha value is -1.69. The van der Waals surface area contributed by atoms with E-state index in [0.717, 1.165) is 37.7 Å². The largest absolute Gasteiger partial charge is 0.350 e. The molecule has 18 heavy (non-hydrogen) atoms. The van der Waals surface area contributed by atoms with Crippen molar-refractivity contribution in [2.75, 3.05) is 44.7 Å². The lowest BCUT2D eigenvalue weighted by molar-refractivity contribution is -0.130. The molecular weight excluding hydrogens is 230 g/mol. The molecule has 6 nitrogen and oxygen atoms in total. The van der Waals surface area contributed by atoms with Gasteiger partial charge < -0.3 is 15.1 Å². The van der Waals surface area contributed by atoms with Crippen molar-refractivity contribution in [3.63, 3.8) is 0 Å². The first-order chi connectivity index (χ1) is 8.66. The van der Waals surface area contributed by atoms with Crippen molar-refractivity contribution in [2.45, 2.75) is 6.92 Å². The molecule has 1 saturated heterocycles. The van der Waals surface area contributed by atoms with Gasteiger partial charge in [-0.15, -0.1) is 0 Å². The molecule has 98 valence electrons. The van der Waals surface area contributed by atoms with E-state index in [1.165, 1.54) is 6.33 Å². The van der Waals surface area contributed by atoms with Crippen molar-refractivity contribution in [3.8, 4) is 0 Å². The zero-order valence-electron chi connectivity index (χ0n) is 10.9. The summed E-state index contributed by atoms with van der Waals surface area (Å²) in [6.45, 7) is 5.60. The normalized spacial score (nSPS) is 15.6. The molecule has 1 aromatic rings. The van der Waals surface area contributed by atoms with Crippen LogP contribution in [-0.4, -0.2) is 60.5 Å². The first kappa shape index (κ1) is 12.8. The molecule has 0 unspecified atom stereocenters. The number of carbonyl (C=O) groups excluding carboxylic acids is 1. The van der Waals surface area contributed by atoms with E-state index in [4.69, 9.17) is 0 Å². The molecule has 6 heteroatoms. The summed E-state index contributed by atoms with van der Waals surface area (Å²) in [5.41, 5.74) is 0.904. The number of anilines is 1. The second kappa shape index (κ2) is 5.77. The summed E-state index contributed by atoms with van der Waals surface area (Å²) in [6.07, 6.45) is 1.52. The average molecular weight is 249 g/mol. The number of piperazine rings is 1. The molecule has 1 aliphatic rings. The third-order valence-corrected chi connectivity index (χ3v) is 3.02. The number of rotatable bonds is 3. The van der Waals surface area contributed by atoms with Gasteiger partial charge >= 0.3 is 0 Å². The predicted molar refractivity (Wildman–Crippen MR) is 69.5 cm³/mol. The molecule has 1 amide bonds. The standard InChI is InChI=1S/C12H19N5O/c1-10-7-11(15-9-14-10)16(2)8-12(18)17-5-3-13-4-6-17/h7,9,13H,3-6,8H2,1-2H3. The first-order valence-electron chi connectivity index (χ1n) is 6.15. The summed E-state index contributed by atoms with van der Waals surface area (Å²) in [5.74, 6) is 0.932. The third-order valence-electron chi connectivity index (χ3n) is 3.02. The second-order valence-corrected chi connectivity index (χ2v) is 4.50. The van der Waals surface area contributed by atoms with E-state index in [2.05, 4.69) is 15.3 Å². The van der Waals surface area contributed by atoms with Gasteiger partial charge in [0, 0.05) is 45.0 Å². The van der Waals surface area contributed by atoms with Crippen LogP contribution in [0, 0.1) is 6.92 Å². The molecule has 0 bridgehead atoms. The maximum absolute atomic E-state index is 12.1. The van der Waals surface area contributed by atoms with E-state index >= 15 is 0 Å². The highest BCUT2D eigenvalue weighted by molar-refractivity contribution is 5.81. The zero-order valence-corrected chi connectivity index (χ0v) is 10.9. The fraction of sp³-hybridized carbons (Fsp3) is 0.583. The van der Waals surface area contributed by atoms with E-state index in [1.54, 1.807) is 0 Å². The van der Waals surface area contributed by atoms with Gasteiger partial charge in [-0.3, -0.25) is 4.79 Å². The van der Waals surface area contributed by atoms with Crippen LogP contribution >= 0.6 is 0 Å². The van der Waals surface area contributed by atoms with Crippen molar-refractivity contribution < 1.29 is 4.79 Å². The van der Waals surface area contributed by atoms with Gasteiger partial charge in [0.25, 0.3) is 0 Å². The van der Waals surface area contributed by atoms with Gasteiger partial charge in [0.15, 0.2) is 0 Å². The number of likely N-dealkylation sites (N-methyl/N-ethyl adjacent to an activating group) is 1. The van der Waals surface area contributed by atoms with Crippen molar-refractivity contribution in [2.24, 2.45) is 0 Å². The van der Waals surface area contributed by atoms with E-state index in [0.29, 0.717) is 6.54 Å². The van der Waals surface area contributed by atoms with E-state index in [1.807, 2.05) is 29.8 Å². The van der Waals surface area contributed by atoms with Crippen LogP contribution in [0.3, 0.4) is 0 Å². The Morgan fingerprint density at radius 1 is 1.44 bits per heavy atom. The highest BCUT2D eigenvalue weighted by Crippen LogP contribution is 2.08. The molecule has 0 spiro atoms. The fourth-order valence-electron chi connectivity index (χ4n) is 1.95. The van der Waals surface area contributed by atoms with E-state index in [-0.39, 0.29) is 5.91 Å². The van der Waals surface area contributed by atoms with Crippen LogP contribution in [0.25, 0.3) is 0 Å². The Bertz CT molecular complexity index is 417. The molecular formula is C12H19N5O. The second-order valence-electron chi connectivity index (χ2n) is 4.50. The molecule has 1 aromatic heterocycles. The zero-order chi connectivity index (χ0) is 13.0. The number of amides is 1. The number of carbonyl (C=O) groups is 1. The molecule has 1 fully saturated rings. The molecule has 2 rings (SSSR count). The molecule has 2 heterocycles. The van der Waals surface area contributed by atoms with Gasteiger partial charge in [0.1, 0.15) is 12.1 Å². The molecule has 1 N–H and O–H groups in total. The van der Waals surface area contributed by atoms with E-state index in [9.17, 15) is 4.79 Å². The van der Waals surface area contributed by atoms with Crippen LogP contribution in [-0.2, 0) is 4.79 Å². The minimum Gasteiger partial charge on any atom is -0.350 e. The highest BCUT2D eigenvalue weighted by Gasteiger charge is 2.18. The summed E-state index contributed by atoms with van der Waals surface area (Å²) in [6, 6.07) is 1.88. The Labute approximate surface area is 107 Å². The third kappa shape index (κ3) is 3.16. The summed E-state index contributed by atoms with van der Waals surface area (Å²) < 4.78 is 0. The Morgan fingerprint density at radius 3 is 2.83 bits per heavy atom. The highest BCUT2D eigenvalue weighted by atomic mass is 16.2. The number of aromatic nitrogens is 2. The first-order valence-corrected chi connectivity index (χ1v) is 6.15. The van der Waals surface area contributed by atoms with Gasteiger partial charge in [0.05, 0.1) is 6.54 Å². The van der Waals surface area contributed by atoms with Crippen LogP contribution in [0.2, 0.25) is 0 Å². The molecule has 1 aliphatic heterocycles. The predicted octanol–water partition coefficient (Wildman–Crippen LogP) is -0.347. The average Bonchev–Trinajstić information content (AvgIpc) is 2.39. The van der Waals surface area contributed by atoms with Crippen LogP contribution in [0.15, 0.2) is 12.4 Å². The lowest BCUT2D eigenvalue weighted by atomic mass is 10.3. The SMILES string of the molecule is Cc1cc(N(C)CC(=O)N2CCNCC2)ncn1.